The first-order valence-corrected chi connectivity index (χ1v) is 6.44. The van der Waals surface area contributed by atoms with Crippen molar-refractivity contribution >= 4 is 33.3 Å². The summed E-state index contributed by atoms with van der Waals surface area (Å²) in [4.78, 5) is 7.87. The number of rotatable bonds is 3. The molecular formula is C10H13BrClN3O2. The van der Waals surface area contributed by atoms with Crippen molar-refractivity contribution in [1.29, 1.82) is 0 Å². The lowest BCUT2D eigenvalue weighted by Gasteiger charge is -2.26. The van der Waals surface area contributed by atoms with Crippen molar-refractivity contribution < 1.29 is 9.84 Å². The Bertz CT molecular complexity index is 421. The zero-order chi connectivity index (χ0) is 12.5. The van der Waals surface area contributed by atoms with E-state index < -0.39 is 5.60 Å². The highest BCUT2D eigenvalue weighted by Gasteiger charge is 2.39. The number of ether oxygens (including phenoxy) is 1. The Hall–Kier alpha value is -0.430. The maximum absolute atomic E-state index is 10.3. The third kappa shape index (κ3) is 2.88. The Morgan fingerprint density at radius 3 is 3.18 bits per heavy atom. The molecule has 7 heteroatoms. The fourth-order valence-corrected chi connectivity index (χ4v) is 2.17. The van der Waals surface area contributed by atoms with Gasteiger partial charge in [-0.2, -0.15) is 4.98 Å². The molecule has 0 radical (unpaired) electrons. The maximum atomic E-state index is 10.3. The first kappa shape index (κ1) is 13.0. The van der Waals surface area contributed by atoms with E-state index in [0.717, 1.165) is 0 Å². The van der Waals surface area contributed by atoms with Gasteiger partial charge in [-0.05, 0) is 34.5 Å². The molecule has 1 saturated heterocycles. The van der Waals surface area contributed by atoms with Crippen LogP contribution in [-0.4, -0.2) is 39.9 Å². The molecule has 1 aliphatic rings. The summed E-state index contributed by atoms with van der Waals surface area (Å²) in [6.45, 7) is 2.79. The van der Waals surface area contributed by atoms with Crippen molar-refractivity contribution in [2.75, 3.05) is 18.5 Å². The van der Waals surface area contributed by atoms with Crippen LogP contribution in [0.4, 0.5) is 5.82 Å². The molecule has 0 aromatic carbocycles. The van der Waals surface area contributed by atoms with E-state index in [0.29, 0.717) is 29.9 Å². The molecule has 2 N–H and O–H groups in total. The summed E-state index contributed by atoms with van der Waals surface area (Å²) in [5.74, 6) is 0.567. The van der Waals surface area contributed by atoms with Crippen LogP contribution >= 0.6 is 27.5 Å². The van der Waals surface area contributed by atoms with Crippen molar-refractivity contribution in [3.8, 4) is 0 Å². The van der Waals surface area contributed by atoms with Crippen molar-refractivity contribution in [2.45, 2.75) is 25.0 Å². The van der Waals surface area contributed by atoms with Crippen LogP contribution in [0.25, 0.3) is 0 Å². The molecule has 2 rings (SSSR count). The topological polar surface area (TPSA) is 67.3 Å². The molecule has 0 bridgehead atoms. The summed E-state index contributed by atoms with van der Waals surface area (Å²) in [5.41, 5.74) is -0.864. The molecule has 1 aliphatic heterocycles. The van der Waals surface area contributed by atoms with Crippen LogP contribution in [0.15, 0.2) is 10.7 Å². The number of nitrogens with one attached hydrogen (secondary N) is 1. The van der Waals surface area contributed by atoms with E-state index in [9.17, 15) is 5.11 Å². The fourth-order valence-electron chi connectivity index (χ4n) is 1.71. The van der Waals surface area contributed by atoms with Crippen molar-refractivity contribution in [3.63, 3.8) is 0 Å². The Balaban J connectivity index is 2.04. The Labute approximate surface area is 113 Å². The van der Waals surface area contributed by atoms with Gasteiger partial charge in [-0.25, -0.2) is 4.98 Å². The van der Waals surface area contributed by atoms with E-state index in [4.69, 9.17) is 16.3 Å². The lowest BCUT2D eigenvalue weighted by molar-refractivity contribution is -0.0176. The lowest BCUT2D eigenvalue weighted by atomic mass is 9.97. The van der Waals surface area contributed by atoms with Crippen molar-refractivity contribution in [1.82, 2.24) is 9.97 Å². The molecule has 94 valence electrons. The van der Waals surface area contributed by atoms with Crippen LogP contribution in [0.5, 0.6) is 0 Å². The summed E-state index contributed by atoms with van der Waals surface area (Å²) in [6, 6.07) is 0. The minimum absolute atomic E-state index is 0.165. The van der Waals surface area contributed by atoms with E-state index in [1.165, 1.54) is 0 Å². The summed E-state index contributed by atoms with van der Waals surface area (Å²) in [5, 5.41) is 13.5. The third-order valence-electron chi connectivity index (χ3n) is 2.94. The first-order valence-electron chi connectivity index (χ1n) is 5.27. The molecule has 0 aliphatic carbocycles. The van der Waals surface area contributed by atoms with Gasteiger partial charge in [0, 0.05) is 25.8 Å². The maximum Gasteiger partial charge on any atom is 0.224 e. The summed E-state index contributed by atoms with van der Waals surface area (Å²) in [6.07, 6.45) is 1.99. The SMILES string of the molecule is CC1OCCC1(O)CNc1nc(Cl)ncc1Br. The molecule has 0 amide bonds. The van der Waals surface area contributed by atoms with Gasteiger partial charge in [0.2, 0.25) is 5.28 Å². The second-order valence-electron chi connectivity index (χ2n) is 4.06. The predicted octanol–water partition coefficient (Wildman–Crippen LogP) is 1.84. The molecule has 17 heavy (non-hydrogen) atoms. The number of halogens is 2. The molecule has 1 aromatic rings. The second kappa shape index (κ2) is 5.06. The average Bonchev–Trinajstić information content (AvgIpc) is 2.61. The van der Waals surface area contributed by atoms with Crippen LogP contribution in [0.1, 0.15) is 13.3 Å². The summed E-state index contributed by atoms with van der Waals surface area (Å²) in [7, 11) is 0. The quantitative estimate of drug-likeness (QED) is 0.831. The van der Waals surface area contributed by atoms with Gasteiger partial charge >= 0.3 is 0 Å². The largest absolute Gasteiger partial charge is 0.385 e. The van der Waals surface area contributed by atoms with Crippen molar-refractivity contribution in [3.05, 3.63) is 16.0 Å². The summed E-state index contributed by atoms with van der Waals surface area (Å²) >= 11 is 9.02. The molecule has 1 fully saturated rings. The monoisotopic (exact) mass is 321 g/mol. The molecule has 0 saturated carbocycles. The van der Waals surface area contributed by atoms with E-state index in [-0.39, 0.29) is 11.4 Å². The van der Waals surface area contributed by atoms with Crippen LogP contribution in [0.3, 0.4) is 0 Å². The molecule has 5 nitrogen and oxygen atoms in total. The van der Waals surface area contributed by atoms with Gasteiger partial charge in [0.1, 0.15) is 11.4 Å². The number of anilines is 1. The molecule has 0 spiro atoms. The molecule has 1 aromatic heterocycles. The predicted molar refractivity (Wildman–Crippen MR) is 68.2 cm³/mol. The van der Waals surface area contributed by atoms with Crippen LogP contribution in [0, 0.1) is 0 Å². The van der Waals surface area contributed by atoms with Gasteiger partial charge in [-0.15, -0.1) is 0 Å². The number of aliphatic hydroxyl groups is 1. The highest BCUT2D eigenvalue weighted by Crippen LogP contribution is 2.27. The molecule has 2 atom stereocenters. The highest BCUT2D eigenvalue weighted by atomic mass is 79.9. The van der Waals surface area contributed by atoms with E-state index in [1.54, 1.807) is 6.20 Å². The summed E-state index contributed by atoms with van der Waals surface area (Å²) < 4.78 is 6.06. The molecule has 2 unspecified atom stereocenters. The van der Waals surface area contributed by atoms with Gasteiger partial charge in [-0.1, -0.05) is 0 Å². The number of nitrogens with zero attached hydrogens (tertiary/aromatic N) is 2. The Morgan fingerprint density at radius 1 is 1.76 bits per heavy atom. The van der Waals surface area contributed by atoms with E-state index >= 15 is 0 Å². The average molecular weight is 323 g/mol. The third-order valence-corrected chi connectivity index (χ3v) is 3.70. The normalized spacial score (nSPS) is 28.4. The van der Waals surface area contributed by atoms with Gasteiger partial charge in [0.15, 0.2) is 0 Å². The van der Waals surface area contributed by atoms with Crippen LogP contribution in [-0.2, 0) is 4.74 Å². The zero-order valence-corrected chi connectivity index (χ0v) is 11.6. The number of aromatic nitrogens is 2. The smallest absolute Gasteiger partial charge is 0.224 e. The first-order chi connectivity index (χ1) is 8.01. The van der Waals surface area contributed by atoms with Gasteiger partial charge in [0.25, 0.3) is 0 Å². The highest BCUT2D eigenvalue weighted by molar-refractivity contribution is 9.10. The number of hydrogen-bond acceptors (Lipinski definition) is 5. The fraction of sp³-hybridized carbons (Fsp3) is 0.600. The zero-order valence-electron chi connectivity index (χ0n) is 9.28. The van der Waals surface area contributed by atoms with E-state index in [1.807, 2.05) is 6.92 Å². The Kier molecular flexibility index (Phi) is 3.87. The van der Waals surface area contributed by atoms with Crippen LogP contribution in [0.2, 0.25) is 5.28 Å². The lowest BCUT2D eigenvalue weighted by Crippen LogP contribution is -2.43. The minimum atomic E-state index is -0.864. The van der Waals surface area contributed by atoms with Crippen molar-refractivity contribution in [2.24, 2.45) is 0 Å². The number of hydrogen-bond donors (Lipinski definition) is 2. The second-order valence-corrected chi connectivity index (χ2v) is 5.25. The minimum Gasteiger partial charge on any atom is -0.385 e. The van der Waals surface area contributed by atoms with Gasteiger partial charge in [-0.3, -0.25) is 0 Å². The van der Waals surface area contributed by atoms with E-state index in [2.05, 4.69) is 31.2 Å². The standard InChI is InChI=1S/C10H13BrClN3O2/c1-6-10(16,2-3-17-6)5-14-8-7(11)4-13-9(12)15-8/h4,6,16H,2-3,5H2,1H3,(H,13,14,15). The Morgan fingerprint density at radius 2 is 2.53 bits per heavy atom. The van der Waals surface area contributed by atoms with Gasteiger partial charge < -0.3 is 15.2 Å². The van der Waals surface area contributed by atoms with Gasteiger partial charge in [0.05, 0.1) is 10.6 Å². The molecular weight excluding hydrogens is 309 g/mol. The molecule has 2 heterocycles. The van der Waals surface area contributed by atoms with Crippen LogP contribution < -0.4 is 5.32 Å².